The highest BCUT2D eigenvalue weighted by molar-refractivity contribution is 14.0. The van der Waals surface area contributed by atoms with Crippen molar-refractivity contribution in [2.45, 2.75) is 31.9 Å². The van der Waals surface area contributed by atoms with Gasteiger partial charge in [0, 0.05) is 26.4 Å². The van der Waals surface area contributed by atoms with E-state index in [-0.39, 0.29) is 35.6 Å². The first-order valence-corrected chi connectivity index (χ1v) is 10.4. The van der Waals surface area contributed by atoms with E-state index in [1.54, 1.807) is 13.1 Å². The zero-order valence-corrected chi connectivity index (χ0v) is 18.8. The van der Waals surface area contributed by atoms with Crippen molar-refractivity contribution in [3.8, 4) is 0 Å². The third-order valence-electron chi connectivity index (χ3n) is 3.86. The van der Waals surface area contributed by atoms with Crippen molar-refractivity contribution < 1.29 is 21.6 Å². The van der Waals surface area contributed by atoms with Crippen LogP contribution in [0.3, 0.4) is 0 Å². The normalized spacial score (nSPS) is 13.6. The summed E-state index contributed by atoms with van der Waals surface area (Å²) in [5, 5.41) is 6.09. The summed E-state index contributed by atoms with van der Waals surface area (Å²) in [5.74, 6) is 0.590. The van der Waals surface area contributed by atoms with Gasteiger partial charge in [0.1, 0.15) is 9.84 Å². The fraction of sp³-hybridized carbons (Fsp3) is 0.588. The van der Waals surface area contributed by atoms with E-state index in [2.05, 4.69) is 15.6 Å². The molecule has 0 radical (unpaired) electrons. The van der Waals surface area contributed by atoms with Crippen LogP contribution >= 0.6 is 24.0 Å². The van der Waals surface area contributed by atoms with E-state index in [1.165, 1.54) is 18.4 Å². The summed E-state index contributed by atoms with van der Waals surface area (Å²) in [6.45, 7) is 2.87. The average molecular weight is 521 g/mol. The maximum absolute atomic E-state index is 12.8. The monoisotopic (exact) mass is 521 g/mol. The Labute approximate surface area is 176 Å². The van der Waals surface area contributed by atoms with Crippen LogP contribution in [0.5, 0.6) is 0 Å². The molecular formula is C17H27F3IN3O2S. The fourth-order valence-electron chi connectivity index (χ4n) is 2.36. The molecule has 0 aliphatic rings. The highest BCUT2D eigenvalue weighted by Crippen LogP contribution is 2.31. The number of halogens is 4. The molecular weight excluding hydrogens is 494 g/mol. The first kappa shape index (κ1) is 26.0. The summed E-state index contributed by atoms with van der Waals surface area (Å²) >= 11 is 0. The molecule has 0 saturated heterocycles. The molecule has 0 saturated carbocycles. The van der Waals surface area contributed by atoms with Crippen molar-refractivity contribution in [1.29, 1.82) is 0 Å². The highest BCUT2D eigenvalue weighted by atomic mass is 127. The van der Waals surface area contributed by atoms with Crippen molar-refractivity contribution in [2.75, 3.05) is 32.1 Å². The third-order valence-corrected chi connectivity index (χ3v) is 4.89. The minimum Gasteiger partial charge on any atom is -0.356 e. The molecule has 1 unspecified atom stereocenters. The van der Waals surface area contributed by atoms with Crippen LogP contribution in [0.2, 0.25) is 0 Å². The molecule has 0 aromatic heterocycles. The fourth-order valence-corrected chi connectivity index (χ4v) is 3.03. The minimum absolute atomic E-state index is 0. The second-order valence-electron chi connectivity index (χ2n) is 6.22. The van der Waals surface area contributed by atoms with Crippen LogP contribution in [0.25, 0.3) is 0 Å². The van der Waals surface area contributed by atoms with Gasteiger partial charge < -0.3 is 10.6 Å². The lowest BCUT2D eigenvalue weighted by molar-refractivity contribution is -0.137. The molecule has 5 nitrogen and oxygen atoms in total. The smallest absolute Gasteiger partial charge is 0.356 e. The zero-order valence-electron chi connectivity index (χ0n) is 15.6. The van der Waals surface area contributed by atoms with Gasteiger partial charge in [0.25, 0.3) is 0 Å². The van der Waals surface area contributed by atoms with Gasteiger partial charge in [0.05, 0.1) is 11.3 Å². The Bertz CT molecular complexity index is 710. The Hall–Kier alpha value is -1.04. The SMILES string of the molecule is CN=C(NCCCS(C)(=O)=O)NCCC(C)c1cccc(C(F)(F)F)c1.I. The van der Waals surface area contributed by atoms with Gasteiger partial charge >= 0.3 is 6.18 Å². The van der Waals surface area contributed by atoms with Crippen LogP contribution in [-0.2, 0) is 16.0 Å². The molecule has 0 amide bonds. The van der Waals surface area contributed by atoms with Gasteiger partial charge in [0.2, 0.25) is 0 Å². The van der Waals surface area contributed by atoms with Crippen LogP contribution in [0.15, 0.2) is 29.3 Å². The standard InChI is InChI=1S/C17H26F3N3O2S.HI/c1-13(14-6-4-7-15(12-14)17(18,19)20)8-10-23-16(21-2)22-9-5-11-26(3,24)25;/h4,6-7,12-13H,5,8-11H2,1-3H3,(H2,21,22,23);1H. The second kappa shape index (κ2) is 11.7. The molecule has 0 fully saturated rings. The molecule has 2 N–H and O–H groups in total. The number of nitrogens with zero attached hydrogens (tertiary/aromatic N) is 1. The summed E-state index contributed by atoms with van der Waals surface area (Å²) in [4.78, 5) is 4.03. The van der Waals surface area contributed by atoms with Crippen LogP contribution in [0, 0.1) is 0 Å². The summed E-state index contributed by atoms with van der Waals surface area (Å²) in [6.07, 6.45) is -2.05. The molecule has 156 valence electrons. The summed E-state index contributed by atoms with van der Waals surface area (Å²) in [7, 11) is -1.38. The highest BCUT2D eigenvalue weighted by Gasteiger charge is 2.30. The number of benzene rings is 1. The van der Waals surface area contributed by atoms with Gasteiger partial charge in [-0.05, 0) is 30.4 Å². The van der Waals surface area contributed by atoms with E-state index < -0.39 is 21.6 Å². The molecule has 0 aliphatic carbocycles. The van der Waals surface area contributed by atoms with Gasteiger partial charge in [-0.15, -0.1) is 24.0 Å². The Kier molecular flexibility index (Phi) is 11.3. The van der Waals surface area contributed by atoms with Gasteiger partial charge in [-0.25, -0.2) is 8.42 Å². The molecule has 0 bridgehead atoms. The number of aliphatic imine (C=N–C) groups is 1. The molecule has 0 spiro atoms. The van der Waals surface area contributed by atoms with Gasteiger partial charge in [-0.2, -0.15) is 13.2 Å². The van der Waals surface area contributed by atoms with Crippen LogP contribution in [0.1, 0.15) is 36.8 Å². The summed E-state index contributed by atoms with van der Waals surface area (Å²) in [6, 6.07) is 5.36. The van der Waals surface area contributed by atoms with Gasteiger partial charge in [0.15, 0.2) is 5.96 Å². The Balaban J connectivity index is 0.00000676. The lowest BCUT2D eigenvalue weighted by Crippen LogP contribution is -2.38. The molecule has 0 aliphatic heterocycles. The van der Waals surface area contributed by atoms with E-state index in [0.717, 1.165) is 6.07 Å². The number of rotatable bonds is 8. The molecule has 1 aromatic rings. The average Bonchev–Trinajstić information content (AvgIpc) is 2.55. The van der Waals surface area contributed by atoms with Crippen LogP contribution in [0.4, 0.5) is 13.2 Å². The first-order chi connectivity index (χ1) is 12.0. The lowest BCUT2D eigenvalue weighted by Gasteiger charge is -2.16. The number of sulfone groups is 1. The Morgan fingerprint density at radius 2 is 1.85 bits per heavy atom. The molecule has 1 rings (SSSR count). The summed E-state index contributed by atoms with van der Waals surface area (Å²) < 4.78 is 60.5. The number of hydrogen-bond acceptors (Lipinski definition) is 3. The number of alkyl halides is 3. The van der Waals surface area contributed by atoms with E-state index in [4.69, 9.17) is 0 Å². The molecule has 27 heavy (non-hydrogen) atoms. The Morgan fingerprint density at radius 1 is 1.22 bits per heavy atom. The minimum atomic E-state index is -4.34. The number of guanidine groups is 1. The van der Waals surface area contributed by atoms with E-state index >= 15 is 0 Å². The predicted octanol–water partition coefficient (Wildman–Crippen LogP) is 3.42. The molecule has 1 atom stereocenters. The van der Waals surface area contributed by atoms with Gasteiger partial charge in [-0.1, -0.05) is 25.1 Å². The van der Waals surface area contributed by atoms with Crippen LogP contribution < -0.4 is 10.6 Å². The van der Waals surface area contributed by atoms with Crippen molar-refractivity contribution in [3.05, 3.63) is 35.4 Å². The summed E-state index contributed by atoms with van der Waals surface area (Å²) in [5.41, 5.74) is -0.00381. The number of nitrogens with one attached hydrogen (secondary N) is 2. The quantitative estimate of drug-likeness (QED) is 0.238. The van der Waals surface area contributed by atoms with E-state index in [0.29, 0.717) is 37.5 Å². The van der Waals surface area contributed by atoms with Crippen LogP contribution in [-0.4, -0.2) is 46.5 Å². The van der Waals surface area contributed by atoms with E-state index in [9.17, 15) is 21.6 Å². The third kappa shape index (κ3) is 10.8. The first-order valence-electron chi connectivity index (χ1n) is 8.32. The second-order valence-corrected chi connectivity index (χ2v) is 8.48. The Morgan fingerprint density at radius 3 is 2.41 bits per heavy atom. The largest absolute Gasteiger partial charge is 0.416 e. The van der Waals surface area contributed by atoms with Crippen molar-refractivity contribution in [1.82, 2.24) is 10.6 Å². The van der Waals surface area contributed by atoms with Crippen molar-refractivity contribution in [3.63, 3.8) is 0 Å². The maximum Gasteiger partial charge on any atom is 0.416 e. The van der Waals surface area contributed by atoms with E-state index in [1.807, 2.05) is 6.92 Å². The van der Waals surface area contributed by atoms with Crippen molar-refractivity contribution >= 4 is 39.8 Å². The van der Waals surface area contributed by atoms with Crippen molar-refractivity contribution in [2.24, 2.45) is 4.99 Å². The topological polar surface area (TPSA) is 70.6 Å². The molecule has 0 heterocycles. The zero-order chi connectivity index (χ0) is 19.8. The lowest BCUT2D eigenvalue weighted by atomic mass is 9.96. The molecule has 10 heteroatoms. The molecule has 1 aromatic carbocycles. The maximum atomic E-state index is 12.8. The van der Waals surface area contributed by atoms with Gasteiger partial charge in [-0.3, -0.25) is 4.99 Å². The predicted molar refractivity (Wildman–Crippen MR) is 114 cm³/mol. The number of hydrogen-bond donors (Lipinski definition) is 2.